The van der Waals surface area contributed by atoms with Crippen molar-refractivity contribution in [1.29, 1.82) is 5.41 Å². The van der Waals surface area contributed by atoms with Gasteiger partial charge in [-0.3, -0.25) is 0 Å². The molecule has 50 valence electrons. The van der Waals surface area contributed by atoms with Crippen LogP contribution in [0.3, 0.4) is 0 Å². The average molecular weight is 123 g/mol. The largest absolute Gasteiger partial charge is 0.308 e. The van der Waals surface area contributed by atoms with Crippen LogP contribution in [0.2, 0.25) is 0 Å². The summed E-state index contributed by atoms with van der Waals surface area (Å²) in [5.41, 5.74) is 0.969. The third kappa shape index (κ3) is 3.71. The molecular formula is C8H13N. The Labute approximate surface area is 56.6 Å². The molecule has 0 aliphatic heterocycles. The Balaban J connectivity index is 3.84. The lowest BCUT2D eigenvalue weighted by molar-refractivity contribution is 1.22. The van der Waals surface area contributed by atoms with Gasteiger partial charge in [-0.15, -0.1) is 0 Å². The molecule has 0 aromatic rings. The molecule has 0 aromatic heterocycles. The van der Waals surface area contributed by atoms with Crippen molar-refractivity contribution in [3.05, 3.63) is 23.8 Å². The van der Waals surface area contributed by atoms with Crippen molar-refractivity contribution in [3.8, 4) is 0 Å². The fraction of sp³-hybridized carbons (Fsp3) is 0.375. The first kappa shape index (κ1) is 8.15. The summed E-state index contributed by atoms with van der Waals surface area (Å²) in [5.74, 6) is 0. The summed E-state index contributed by atoms with van der Waals surface area (Å²) in [6.45, 7) is 4.01. The molecule has 9 heavy (non-hydrogen) atoms. The maximum atomic E-state index is 6.89. The van der Waals surface area contributed by atoms with Crippen LogP contribution in [0.5, 0.6) is 0 Å². The lowest BCUT2D eigenvalue weighted by Crippen LogP contribution is -1.74. The van der Waals surface area contributed by atoms with Gasteiger partial charge in [-0.1, -0.05) is 25.2 Å². The Morgan fingerprint density at radius 1 is 1.56 bits per heavy atom. The van der Waals surface area contributed by atoms with Crippen molar-refractivity contribution in [2.75, 3.05) is 0 Å². The zero-order chi connectivity index (χ0) is 7.11. The molecule has 0 radical (unpaired) electrons. The first-order chi connectivity index (χ1) is 4.35. The number of rotatable bonds is 3. The highest BCUT2D eigenvalue weighted by atomic mass is 14.3. The van der Waals surface area contributed by atoms with Crippen LogP contribution in [0.25, 0.3) is 0 Å². The van der Waals surface area contributed by atoms with Crippen LogP contribution < -0.4 is 0 Å². The second kappa shape index (κ2) is 5.29. The van der Waals surface area contributed by atoms with Gasteiger partial charge >= 0.3 is 0 Å². The van der Waals surface area contributed by atoms with E-state index in [0.29, 0.717) is 0 Å². The predicted octanol–water partition coefficient (Wildman–Crippen LogP) is 2.55. The molecule has 0 amide bonds. The van der Waals surface area contributed by atoms with E-state index in [9.17, 15) is 0 Å². The van der Waals surface area contributed by atoms with E-state index < -0.39 is 0 Å². The summed E-state index contributed by atoms with van der Waals surface area (Å²) in [6.07, 6.45) is 8.30. The molecule has 1 N–H and O–H groups in total. The van der Waals surface area contributed by atoms with Crippen LogP contribution in [-0.2, 0) is 0 Å². The minimum Gasteiger partial charge on any atom is -0.308 e. The lowest BCUT2D eigenvalue weighted by Gasteiger charge is -1.85. The smallest absolute Gasteiger partial charge is 0.0246 e. The minimum absolute atomic E-state index is 0.969. The first-order valence-electron chi connectivity index (χ1n) is 3.18. The van der Waals surface area contributed by atoms with Gasteiger partial charge in [0.05, 0.1) is 0 Å². The third-order valence-corrected chi connectivity index (χ3v) is 1.05. The Hall–Kier alpha value is -0.850. The molecular weight excluding hydrogens is 110 g/mol. The number of hydrogen-bond acceptors (Lipinski definition) is 1. The van der Waals surface area contributed by atoms with Gasteiger partial charge in [0.25, 0.3) is 0 Å². The molecule has 0 fully saturated rings. The summed E-state index contributed by atoms with van der Waals surface area (Å²) in [5, 5.41) is 6.89. The molecule has 0 aliphatic rings. The molecule has 0 unspecified atom stereocenters. The average Bonchev–Trinajstić information content (AvgIpc) is 1.91. The van der Waals surface area contributed by atoms with Crippen molar-refractivity contribution in [2.45, 2.75) is 20.3 Å². The fourth-order valence-corrected chi connectivity index (χ4v) is 0.482. The molecule has 0 heterocycles. The molecule has 0 spiro atoms. The topological polar surface area (TPSA) is 23.9 Å². The second-order valence-electron chi connectivity index (χ2n) is 1.74. The van der Waals surface area contributed by atoms with E-state index in [1.54, 1.807) is 0 Å². The van der Waals surface area contributed by atoms with Gasteiger partial charge in [0.2, 0.25) is 0 Å². The van der Waals surface area contributed by atoms with E-state index in [2.05, 4.69) is 6.92 Å². The lowest BCUT2D eigenvalue weighted by atomic mass is 10.2. The summed E-state index contributed by atoms with van der Waals surface area (Å²) in [6, 6.07) is 0. The van der Waals surface area contributed by atoms with Gasteiger partial charge in [-0.05, 0) is 18.9 Å². The minimum atomic E-state index is 0.969. The zero-order valence-electron chi connectivity index (χ0n) is 6.02. The first-order valence-corrected chi connectivity index (χ1v) is 3.18. The highest BCUT2D eigenvalue weighted by molar-refractivity contribution is 5.79. The summed E-state index contributed by atoms with van der Waals surface area (Å²) in [4.78, 5) is 0. The van der Waals surface area contributed by atoms with Crippen LogP contribution in [-0.4, -0.2) is 6.21 Å². The van der Waals surface area contributed by atoms with Gasteiger partial charge in [0.15, 0.2) is 0 Å². The van der Waals surface area contributed by atoms with Crippen LogP contribution >= 0.6 is 0 Å². The summed E-state index contributed by atoms with van der Waals surface area (Å²) in [7, 11) is 0. The van der Waals surface area contributed by atoms with E-state index in [1.165, 1.54) is 6.21 Å². The van der Waals surface area contributed by atoms with Gasteiger partial charge in [-0.2, -0.15) is 0 Å². The Morgan fingerprint density at radius 3 is 2.56 bits per heavy atom. The van der Waals surface area contributed by atoms with Crippen molar-refractivity contribution in [1.82, 2.24) is 0 Å². The molecule has 0 aliphatic carbocycles. The van der Waals surface area contributed by atoms with Crippen LogP contribution in [0.4, 0.5) is 0 Å². The fourth-order valence-electron chi connectivity index (χ4n) is 0.482. The quantitative estimate of drug-likeness (QED) is 0.440. The second-order valence-corrected chi connectivity index (χ2v) is 1.74. The van der Waals surface area contributed by atoms with Gasteiger partial charge < -0.3 is 5.41 Å². The van der Waals surface area contributed by atoms with E-state index in [-0.39, 0.29) is 0 Å². The summed E-state index contributed by atoms with van der Waals surface area (Å²) < 4.78 is 0. The standard InChI is InChI=1S/C8H13N/c1-3-5-6-8(4-2)7-9/h4-7,9H,3H2,1-2H3/b6-5?,8-4-,9-7?. The summed E-state index contributed by atoms with van der Waals surface area (Å²) >= 11 is 0. The maximum Gasteiger partial charge on any atom is 0.0246 e. The predicted molar refractivity (Wildman–Crippen MR) is 42.0 cm³/mol. The highest BCUT2D eigenvalue weighted by Crippen LogP contribution is 1.92. The van der Waals surface area contributed by atoms with Crippen LogP contribution in [0.15, 0.2) is 23.8 Å². The molecule has 0 saturated heterocycles. The Morgan fingerprint density at radius 2 is 2.22 bits per heavy atom. The highest BCUT2D eigenvalue weighted by Gasteiger charge is 1.78. The van der Waals surface area contributed by atoms with Crippen molar-refractivity contribution in [2.24, 2.45) is 0 Å². The van der Waals surface area contributed by atoms with Gasteiger partial charge in [0.1, 0.15) is 0 Å². The SMILES string of the molecule is C/C=C(\C=N)C=CCC. The van der Waals surface area contributed by atoms with Crippen LogP contribution in [0.1, 0.15) is 20.3 Å². The van der Waals surface area contributed by atoms with Crippen molar-refractivity contribution in [3.63, 3.8) is 0 Å². The monoisotopic (exact) mass is 123 g/mol. The zero-order valence-corrected chi connectivity index (χ0v) is 6.02. The molecule has 0 atom stereocenters. The molecule has 0 aromatic carbocycles. The third-order valence-electron chi connectivity index (χ3n) is 1.05. The van der Waals surface area contributed by atoms with Gasteiger partial charge in [0, 0.05) is 6.21 Å². The molecule has 0 saturated carbocycles. The molecule has 0 rings (SSSR count). The Bertz CT molecular complexity index is 132. The normalized spacial score (nSPS) is 12.4. The van der Waals surface area contributed by atoms with E-state index in [4.69, 9.17) is 5.41 Å². The maximum absolute atomic E-state index is 6.89. The van der Waals surface area contributed by atoms with Gasteiger partial charge in [-0.25, -0.2) is 0 Å². The van der Waals surface area contributed by atoms with E-state index in [0.717, 1.165) is 12.0 Å². The number of allylic oxidation sites excluding steroid dienone is 4. The number of hydrogen-bond donors (Lipinski definition) is 1. The van der Waals surface area contributed by atoms with Crippen molar-refractivity contribution >= 4 is 6.21 Å². The number of nitrogens with one attached hydrogen (secondary N) is 1. The molecule has 1 heteroatoms. The van der Waals surface area contributed by atoms with Crippen LogP contribution in [0, 0.1) is 5.41 Å². The van der Waals surface area contributed by atoms with Crippen molar-refractivity contribution < 1.29 is 0 Å². The van der Waals surface area contributed by atoms with E-state index >= 15 is 0 Å². The Kier molecular flexibility index (Phi) is 4.79. The molecule has 0 bridgehead atoms. The molecule has 1 nitrogen and oxygen atoms in total. The van der Waals surface area contributed by atoms with E-state index in [1.807, 2.05) is 25.2 Å².